The highest BCUT2D eigenvalue weighted by molar-refractivity contribution is 6.32. The van der Waals surface area contributed by atoms with Gasteiger partial charge in [0.2, 0.25) is 11.8 Å². The smallest absolute Gasteiger partial charge is 0.407 e. The summed E-state index contributed by atoms with van der Waals surface area (Å²) >= 11 is 6.96. The topological polar surface area (TPSA) is 186 Å². The molecular formula is C42H50ClN7O9. The number of rotatable bonds is 12. The van der Waals surface area contributed by atoms with Crippen LogP contribution in [0.25, 0.3) is 16.8 Å². The number of aliphatic imine (C=N–C) groups is 1. The number of fused-ring (bicyclic) bond motifs is 2. The van der Waals surface area contributed by atoms with Crippen LogP contribution in [0.2, 0.25) is 5.02 Å². The van der Waals surface area contributed by atoms with Crippen LogP contribution >= 0.6 is 11.6 Å². The number of benzene rings is 2. The lowest BCUT2D eigenvalue weighted by Gasteiger charge is -2.31. The minimum absolute atomic E-state index is 0.228. The fourth-order valence-electron chi connectivity index (χ4n) is 8.30. The summed E-state index contributed by atoms with van der Waals surface area (Å²) in [4.78, 5) is 68.0. The molecule has 2 saturated heterocycles. The number of nitrogens with one attached hydrogen (secondary N) is 3. The second-order valence-electron chi connectivity index (χ2n) is 15.2. The molecule has 3 aromatic rings. The SMILES string of the molecule is COC(=O)N[C@H](C(=O)N1CCC[C@H]1C1=NC=C(c2cc3c(cc2Cl)Cc2cc(-c4cnc([C@@H]5CCCN5C(=O)[C@@H](NC(=O)OC)[C@@H](C)OC)[nH]4)ccc2O3)C1)[C@@H](C)OC. The van der Waals surface area contributed by atoms with Crippen LogP contribution in [0.5, 0.6) is 11.5 Å². The van der Waals surface area contributed by atoms with Gasteiger partial charge in [-0.25, -0.2) is 14.6 Å². The van der Waals surface area contributed by atoms with E-state index >= 15 is 0 Å². The number of likely N-dealkylation sites (tertiary alicyclic amines) is 2. The molecule has 0 unspecified atom stereocenters. The zero-order valence-electron chi connectivity index (χ0n) is 34.0. The maximum Gasteiger partial charge on any atom is 0.407 e. The fourth-order valence-corrected chi connectivity index (χ4v) is 8.61. The van der Waals surface area contributed by atoms with Gasteiger partial charge in [0.15, 0.2) is 0 Å². The lowest BCUT2D eigenvalue weighted by atomic mass is 9.93. The van der Waals surface area contributed by atoms with Gasteiger partial charge in [-0.05, 0) is 81.0 Å². The van der Waals surface area contributed by atoms with Crippen LogP contribution in [0.1, 0.15) is 74.5 Å². The molecule has 16 nitrogen and oxygen atoms in total. The average Bonchev–Trinajstić information content (AvgIpc) is 4.09. The molecule has 0 aliphatic carbocycles. The summed E-state index contributed by atoms with van der Waals surface area (Å²) in [5.74, 6) is 1.59. The van der Waals surface area contributed by atoms with Gasteiger partial charge in [-0.3, -0.25) is 14.6 Å². The second kappa shape index (κ2) is 17.8. The first-order valence-corrected chi connectivity index (χ1v) is 20.1. The number of carbonyl (C=O) groups is 4. The molecule has 0 bridgehead atoms. The number of methoxy groups -OCH3 is 4. The molecule has 5 heterocycles. The first-order valence-electron chi connectivity index (χ1n) is 19.7. The molecule has 2 fully saturated rings. The molecule has 6 atom stereocenters. The summed E-state index contributed by atoms with van der Waals surface area (Å²) in [6, 6.07) is 7.53. The van der Waals surface area contributed by atoms with Gasteiger partial charge in [-0.15, -0.1) is 0 Å². The van der Waals surface area contributed by atoms with Crippen molar-refractivity contribution in [1.29, 1.82) is 0 Å². The van der Waals surface area contributed by atoms with Gasteiger partial charge >= 0.3 is 12.2 Å². The molecule has 4 amide bonds. The van der Waals surface area contributed by atoms with E-state index in [9.17, 15) is 19.2 Å². The first kappa shape index (κ1) is 41.7. The largest absolute Gasteiger partial charge is 0.457 e. The van der Waals surface area contributed by atoms with E-state index in [1.807, 2.05) is 30.5 Å². The third kappa shape index (κ3) is 8.52. The van der Waals surface area contributed by atoms with Crippen LogP contribution in [-0.2, 0) is 35.0 Å². The number of ether oxygens (including phenoxy) is 5. The first-order chi connectivity index (χ1) is 28.4. The van der Waals surface area contributed by atoms with Crippen LogP contribution < -0.4 is 15.4 Å². The lowest BCUT2D eigenvalue weighted by Crippen LogP contribution is -2.56. The molecule has 2 aromatic carbocycles. The lowest BCUT2D eigenvalue weighted by molar-refractivity contribution is -0.138. The second-order valence-corrected chi connectivity index (χ2v) is 15.6. The van der Waals surface area contributed by atoms with E-state index in [1.165, 1.54) is 28.4 Å². The highest BCUT2D eigenvalue weighted by Crippen LogP contribution is 2.43. The summed E-state index contributed by atoms with van der Waals surface area (Å²) in [6.07, 6.45) is 5.20. The molecule has 59 heavy (non-hydrogen) atoms. The van der Waals surface area contributed by atoms with Gasteiger partial charge in [-0.1, -0.05) is 11.6 Å². The van der Waals surface area contributed by atoms with Crippen molar-refractivity contribution in [2.45, 2.75) is 88.7 Å². The van der Waals surface area contributed by atoms with Crippen molar-refractivity contribution in [2.75, 3.05) is 41.5 Å². The predicted molar refractivity (Wildman–Crippen MR) is 218 cm³/mol. The number of H-pyrrole nitrogens is 1. The molecule has 4 aliphatic rings. The number of aromatic nitrogens is 2. The van der Waals surface area contributed by atoms with Crippen molar-refractivity contribution in [3.8, 4) is 22.8 Å². The zero-order valence-corrected chi connectivity index (χ0v) is 34.8. The van der Waals surface area contributed by atoms with Crippen molar-refractivity contribution < 1.29 is 42.9 Å². The van der Waals surface area contributed by atoms with Gasteiger partial charge in [-0.2, -0.15) is 0 Å². The Morgan fingerprint density at radius 1 is 0.831 bits per heavy atom. The maximum absolute atomic E-state index is 13.7. The summed E-state index contributed by atoms with van der Waals surface area (Å²) in [5.41, 5.74) is 6.23. The van der Waals surface area contributed by atoms with Crippen molar-refractivity contribution in [1.82, 2.24) is 30.4 Å². The van der Waals surface area contributed by atoms with Crippen molar-refractivity contribution in [2.24, 2.45) is 4.99 Å². The highest BCUT2D eigenvalue weighted by Gasteiger charge is 2.41. The normalized spacial score (nSPS) is 20.3. The number of hydrogen-bond donors (Lipinski definition) is 3. The van der Waals surface area contributed by atoms with Crippen LogP contribution in [0.3, 0.4) is 0 Å². The Hall–Kier alpha value is -5.45. The van der Waals surface area contributed by atoms with Gasteiger partial charge in [0.1, 0.15) is 29.4 Å². The maximum atomic E-state index is 13.7. The summed E-state index contributed by atoms with van der Waals surface area (Å²) in [7, 11) is 5.49. The van der Waals surface area contributed by atoms with Gasteiger partial charge in [0.05, 0.1) is 50.4 Å². The summed E-state index contributed by atoms with van der Waals surface area (Å²) in [6.45, 7) is 4.52. The van der Waals surface area contributed by atoms with Crippen LogP contribution in [-0.4, -0.2) is 121 Å². The van der Waals surface area contributed by atoms with E-state index in [0.29, 0.717) is 42.5 Å². The third-order valence-corrected chi connectivity index (χ3v) is 12.0. The molecule has 17 heteroatoms. The van der Waals surface area contributed by atoms with E-state index < -0.39 is 36.5 Å². The minimum atomic E-state index is -0.917. The molecule has 7 rings (SSSR count). The Morgan fingerprint density at radius 2 is 1.44 bits per heavy atom. The Balaban J connectivity index is 1.02. The molecule has 0 radical (unpaired) electrons. The number of alkyl carbamates (subject to hydrolysis) is 2. The van der Waals surface area contributed by atoms with E-state index in [4.69, 9.17) is 45.3 Å². The minimum Gasteiger partial charge on any atom is -0.457 e. The number of aromatic amines is 1. The van der Waals surface area contributed by atoms with Gasteiger partial charge < -0.3 is 49.1 Å². The van der Waals surface area contributed by atoms with Crippen molar-refractivity contribution >= 4 is 46.9 Å². The molecule has 1 aromatic heterocycles. The molecular weight excluding hydrogens is 782 g/mol. The fraction of sp³-hybridized carbons (Fsp3) is 0.476. The third-order valence-electron chi connectivity index (χ3n) is 11.7. The number of nitrogens with zero attached hydrogens (tertiary/aromatic N) is 4. The van der Waals surface area contributed by atoms with E-state index in [0.717, 1.165) is 70.7 Å². The van der Waals surface area contributed by atoms with E-state index in [2.05, 4.69) is 21.7 Å². The number of amides is 4. The standard InChI is InChI=1S/C42H50ClN7O9/c1-22(55-3)36(47-41(53)57-5)39(51)49-13-7-9-32(49)30-18-27(20-44-30)28-19-35-26(17-29(28)43)16-25-15-24(11-12-34(25)59-35)31-21-45-38(46-31)33-10-8-14-50(33)40(52)37(23(2)56-4)48-42(54)58-6/h11-12,15,17,19-23,32-33,36-37H,7-10,13-14,16,18H2,1-6H3,(H,45,46)(H,47,53)(H,48,54)/t22-,23-,32+,33+,36+,37+/m1/s1. The van der Waals surface area contributed by atoms with Crippen LogP contribution in [0, 0.1) is 0 Å². The average molecular weight is 832 g/mol. The van der Waals surface area contributed by atoms with Gasteiger partial charge in [0, 0.05) is 73.8 Å². The summed E-state index contributed by atoms with van der Waals surface area (Å²) in [5, 5.41) is 5.82. The Morgan fingerprint density at radius 3 is 2.07 bits per heavy atom. The van der Waals surface area contributed by atoms with Crippen molar-refractivity contribution in [3.05, 3.63) is 70.3 Å². The number of allylic oxidation sites excluding steroid dienone is 1. The van der Waals surface area contributed by atoms with E-state index in [1.54, 1.807) is 29.8 Å². The van der Waals surface area contributed by atoms with E-state index in [-0.39, 0.29) is 23.9 Å². The Bertz CT molecular complexity index is 2170. The molecule has 3 N–H and O–H groups in total. The molecule has 0 spiro atoms. The summed E-state index contributed by atoms with van der Waals surface area (Å²) < 4.78 is 26.8. The zero-order chi connectivity index (χ0) is 42.0. The Labute approximate surface area is 347 Å². The van der Waals surface area contributed by atoms with Crippen molar-refractivity contribution in [3.63, 3.8) is 0 Å². The Kier molecular flexibility index (Phi) is 12.6. The number of carbonyl (C=O) groups excluding carboxylic acids is 4. The molecule has 0 saturated carbocycles. The number of hydrogen-bond acceptors (Lipinski definition) is 11. The van der Waals surface area contributed by atoms with Crippen LogP contribution in [0.4, 0.5) is 9.59 Å². The van der Waals surface area contributed by atoms with Crippen LogP contribution in [0.15, 0.2) is 47.7 Å². The van der Waals surface area contributed by atoms with Gasteiger partial charge in [0.25, 0.3) is 0 Å². The highest BCUT2D eigenvalue weighted by atomic mass is 35.5. The predicted octanol–water partition coefficient (Wildman–Crippen LogP) is 5.79. The quantitative estimate of drug-likeness (QED) is 0.158. The monoisotopic (exact) mass is 831 g/mol. The molecule has 314 valence electrons. The number of halogens is 1. The number of imidazole rings is 1. The molecule has 4 aliphatic heterocycles.